The Morgan fingerprint density at radius 2 is 2.12 bits per heavy atom. The monoisotopic (exact) mass is 241 g/mol. The van der Waals surface area contributed by atoms with Crippen LogP contribution >= 0.6 is 0 Å². The molecule has 0 radical (unpaired) electrons. The van der Waals surface area contributed by atoms with Crippen LogP contribution in [0.1, 0.15) is 39.5 Å². The summed E-state index contributed by atoms with van der Waals surface area (Å²) in [6, 6.07) is 0.590. The summed E-state index contributed by atoms with van der Waals surface area (Å²) in [4.78, 5) is 22.8. The zero-order chi connectivity index (χ0) is 12.7. The van der Waals surface area contributed by atoms with Gasteiger partial charge in [0.05, 0.1) is 6.54 Å². The molecule has 5 nitrogen and oxygen atoms in total. The lowest BCUT2D eigenvalue weighted by Gasteiger charge is -2.11. The normalized spacial score (nSPS) is 19.4. The van der Waals surface area contributed by atoms with Crippen LogP contribution in [-0.2, 0) is 9.59 Å². The third-order valence-electron chi connectivity index (χ3n) is 2.78. The summed E-state index contributed by atoms with van der Waals surface area (Å²) < 4.78 is 0. The van der Waals surface area contributed by atoms with Crippen molar-refractivity contribution in [2.75, 3.05) is 13.1 Å². The van der Waals surface area contributed by atoms with Crippen LogP contribution in [0.3, 0.4) is 0 Å². The van der Waals surface area contributed by atoms with Crippen LogP contribution in [0.15, 0.2) is 0 Å². The standard InChI is InChI=1S/C12H23N3O2/c1-9(2)15-12(17)8-14-11(16)6-5-10-4-3-7-13-10/h9-10,13H,3-8H2,1-2H3,(H,14,16)(H,15,17). The Balaban J connectivity index is 2.06. The first-order valence-corrected chi connectivity index (χ1v) is 6.37. The van der Waals surface area contributed by atoms with E-state index in [1.807, 2.05) is 13.8 Å². The lowest BCUT2D eigenvalue weighted by atomic mass is 10.1. The van der Waals surface area contributed by atoms with Gasteiger partial charge in [0.25, 0.3) is 0 Å². The van der Waals surface area contributed by atoms with E-state index < -0.39 is 0 Å². The minimum absolute atomic E-state index is 0.0439. The van der Waals surface area contributed by atoms with E-state index in [-0.39, 0.29) is 24.4 Å². The summed E-state index contributed by atoms with van der Waals surface area (Å²) >= 11 is 0. The second kappa shape index (κ2) is 7.27. The second-order valence-electron chi connectivity index (χ2n) is 4.83. The van der Waals surface area contributed by atoms with Crippen LogP contribution in [0.5, 0.6) is 0 Å². The van der Waals surface area contributed by atoms with Gasteiger partial charge in [-0.3, -0.25) is 9.59 Å². The Kier molecular flexibility index (Phi) is 5.97. The Hall–Kier alpha value is -1.10. The van der Waals surface area contributed by atoms with Crippen LogP contribution in [0.25, 0.3) is 0 Å². The predicted octanol–water partition coefficient (Wildman–Crippen LogP) is 0.159. The topological polar surface area (TPSA) is 70.2 Å². The average molecular weight is 241 g/mol. The van der Waals surface area contributed by atoms with Crippen molar-refractivity contribution < 1.29 is 9.59 Å². The fourth-order valence-electron chi connectivity index (χ4n) is 1.95. The molecule has 17 heavy (non-hydrogen) atoms. The molecule has 1 fully saturated rings. The summed E-state index contributed by atoms with van der Waals surface area (Å²) in [6.45, 7) is 4.93. The molecule has 0 spiro atoms. The highest BCUT2D eigenvalue weighted by Crippen LogP contribution is 2.10. The van der Waals surface area contributed by atoms with Gasteiger partial charge in [-0.2, -0.15) is 0 Å². The van der Waals surface area contributed by atoms with Crippen molar-refractivity contribution in [3.05, 3.63) is 0 Å². The Bertz CT molecular complexity index is 260. The second-order valence-corrected chi connectivity index (χ2v) is 4.83. The van der Waals surface area contributed by atoms with Crippen molar-refractivity contribution in [1.82, 2.24) is 16.0 Å². The number of carbonyl (C=O) groups is 2. The van der Waals surface area contributed by atoms with Gasteiger partial charge >= 0.3 is 0 Å². The lowest BCUT2D eigenvalue weighted by molar-refractivity contribution is -0.126. The number of hydrogen-bond acceptors (Lipinski definition) is 3. The van der Waals surface area contributed by atoms with Gasteiger partial charge in [-0.15, -0.1) is 0 Å². The van der Waals surface area contributed by atoms with Crippen LogP contribution in [-0.4, -0.2) is 37.0 Å². The average Bonchev–Trinajstić information content (AvgIpc) is 2.75. The third kappa shape index (κ3) is 6.26. The fourth-order valence-corrected chi connectivity index (χ4v) is 1.95. The van der Waals surface area contributed by atoms with Crippen LogP contribution < -0.4 is 16.0 Å². The quantitative estimate of drug-likeness (QED) is 0.620. The largest absolute Gasteiger partial charge is 0.352 e. The number of hydrogen-bond donors (Lipinski definition) is 3. The Morgan fingerprint density at radius 1 is 1.35 bits per heavy atom. The fraction of sp³-hybridized carbons (Fsp3) is 0.833. The zero-order valence-corrected chi connectivity index (χ0v) is 10.7. The van der Waals surface area contributed by atoms with Crippen molar-refractivity contribution in [3.63, 3.8) is 0 Å². The summed E-state index contributed by atoms with van der Waals surface area (Å²) in [6.07, 6.45) is 3.70. The van der Waals surface area contributed by atoms with E-state index >= 15 is 0 Å². The third-order valence-corrected chi connectivity index (χ3v) is 2.78. The van der Waals surface area contributed by atoms with Gasteiger partial charge in [-0.1, -0.05) is 0 Å². The molecular formula is C12H23N3O2. The predicted molar refractivity (Wildman–Crippen MR) is 66.5 cm³/mol. The van der Waals surface area contributed by atoms with Crippen LogP contribution in [0, 0.1) is 0 Å². The summed E-state index contributed by atoms with van der Waals surface area (Å²) in [5.41, 5.74) is 0. The Morgan fingerprint density at radius 3 is 2.71 bits per heavy atom. The molecule has 1 rings (SSSR count). The number of nitrogens with one attached hydrogen (secondary N) is 3. The van der Waals surface area contributed by atoms with E-state index in [0.717, 1.165) is 19.4 Å². The van der Waals surface area contributed by atoms with Gasteiger partial charge < -0.3 is 16.0 Å². The zero-order valence-electron chi connectivity index (χ0n) is 10.7. The van der Waals surface area contributed by atoms with E-state index in [9.17, 15) is 9.59 Å². The lowest BCUT2D eigenvalue weighted by Crippen LogP contribution is -2.40. The van der Waals surface area contributed by atoms with Gasteiger partial charge in [-0.05, 0) is 39.7 Å². The molecule has 0 saturated carbocycles. The van der Waals surface area contributed by atoms with Gasteiger partial charge in [-0.25, -0.2) is 0 Å². The smallest absolute Gasteiger partial charge is 0.239 e. The molecule has 0 aromatic rings. The maximum absolute atomic E-state index is 11.5. The molecular weight excluding hydrogens is 218 g/mol. The van der Waals surface area contributed by atoms with Gasteiger partial charge in [0.2, 0.25) is 11.8 Å². The first-order chi connectivity index (χ1) is 8.08. The summed E-state index contributed by atoms with van der Waals surface area (Å²) in [7, 11) is 0. The number of amides is 2. The first kappa shape index (κ1) is 14.0. The molecule has 1 heterocycles. The van der Waals surface area contributed by atoms with E-state index in [0.29, 0.717) is 12.5 Å². The van der Waals surface area contributed by atoms with E-state index in [2.05, 4.69) is 16.0 Å². The molecule has 0 aromatic heterocycles. The summed E-state index contributed by atoms with van der Waals surface area (Å²) in [5, 5.41) is 8.71. The van der Waals surface area contributed by atoms with E-state index in [1.54, 1.807) is 0 Å². The molecule has 0 aliphatic carbocycles. The molecule has 1 atom stereocenters. The number of rotatable bonds is 6. The van der Waals surface area contributed by atoms with Gasteiger partial charge in [0.15, 0.2) is 0 Å². The molecule has 0 aromatic carbocycles. The van der Waals surface area contributed by atoms with Crippen molar-refractivity contribution in [2.24, 2.45) is 0 Å². The molecule has 1 unspecified atom stereocenters. The Labute approximate surface area is 103 Å². The molecule has 1 aliphatic rings. The molecule has 0 bridgehead atoms. The SMILES string of the molecule is CC(C)NC(=O)CNC(=O)CCC1CCCN1. The molecule has 98 valence electrons. The van der Waals surface area contributed by atoms with Crippen molar-refractivity contribution in [2.45, 2.75) is 51.6 Å². The molecule has 2 amide bonds. The summed E-state index contributed by atoms with van der Waals surface area (Å²) in [5.74, 6) is -0.176. The van der Waals surface area contributed by atoms with Crippen molar-refractivity contribution >= 4 is 11.8 Å². The van der Waals surface area contributed by atoms with Crippen molar-refractivity contribution in [3.8, 4) is 0 Å². The van der Waals surface area contributed by atoms with E-state index in [4.69, 9.17) is 0 Å². The molecule has 1 aliphatic heterocycles. The number of carbonyl (C=O) groups excluding carboxylic acids is 2. The van der Waals surface area contributed by atoms with Crippen LogP contribution in [0.4, 0.5) is 0 Å². The van der Waals surface area contributed by atoms with Crippen LogP contribution in [0.2, 0.25) is 0 Å². The molecule has 5 heteroatoms. The minimum Gasteiger partial charge on any atom is -0.352 e. The minimum atomic E-state index is -0.132. The van der Waals surface area contributed by atoms with Gasteiger partial charge in [0.1, 0.15) is 0 Å². The maximum atomic E-state index is 11.5. The van der Waals surface area contributed by atoms with E-state index in [1.165, 1.54) is 6.42 Å². The highest BCUT2D eigenvalue weighted by molar-refractivity contribution is 5.84. The van der Waals surface area contributed by atoms with Gasteiger partial charge in [0, 0.05) is 18.5 Å². The highest BCUT2D eigenvalue weighted by atomic mass is 16.2. The highest BCUT2D eigenvalue weighted by Gasteiger charge is 2.15. The maximum Gasteiger partial charge on any atom is 0.239 e. The molecule has 1 saturated heterocycles. The first-order valence-electron chi connectivity index (χ1n) is 6.37. The molecule has 3 N–H and O–H groups in total. The van der Waals surface area contributed by atoms with Crippen molar-refractivity contribution in [1.29, 1.82) is 0 Å².